The lowest BCUT2D eigenvalue weighted by molar-refractivity contribution is -0.139. The van der Waals surface area contributed by atoms with Crippen LogP contribution in [0, 0.1) is 0 Å². The predicted octanol–water partition coefficient (Wildman–Crippen LogP) is 1.73. The highest BCUT2D eigenvalue weighted by Crippen LogP contribution is 2.28. The van der Waals surface area contributed by atoms with Crippen molar-refractivity contribution >= 4 is 5.97 Å². The molecule has 1 aliphatic rings. The molecule has 0 radical (unpaired) electrons. The molecule has 2 N–H and O–H groups in total. The molecule has 1 fully saturated rings. The molecule has 0 spiro atoms. The van der Waals surface area contributed by atoms with Gasteiger partial charge in [-0.1, -0.05) is 6.92 Å². The Balaban J connectivity index is 1.83. The molecule has 0 atom stereocenters. The Morgan fingerprint density at radius 2 is 2.09 bits per heavy atom. The van der Waals surface area contributed by atoms with Gasteiger partial charge >= 0.3 is 5.97 Å². The van der Waals surface area contributed by atoms with E-state index in [1.54, 1.807) is 14.2 Å². The second-order valence-electron chi connectivity index (χ2n) is 5.84. The lowest BCUT2D eigenvalue weighted by Crippen LogP contribution is -2.53. The molecule has 23 heavy (non-hydrogen) atoms. The topological polar surface area (TPSA) is 71.0 Å². The Hall–Kier alpha value is -1.79. The summed E-state index contributed by atoms with van der Waals surface area (Å²) in [5, 5.41) is 12.4. The van der Waals surface area contributed by atoms with Crippen molar-refractivity contribution in [1.82, 2.24) is 10.2 Å². The minimum atomic E-state index is -0.760. The molecule has 0 amide bonds. The van der Waals surface area contributed by atoms with Gasteiger partial charge in [-0.05, 0) is 37.6 Å². The maximum atomic E-state index is 10.9. The largest absolute Gasteiger partial charge is 0.497 e. The van der Waals surface area contributed by atoms with Crippen LogP contribution in [0.1, 0.15) is 25.3 Å². The number of carboxylic acids is 1. The van der Waals surface area contributed by atoms with Gasteiger partial charge in [0.15, 0.2) is 0 Å². The van der Waals surface area contributed by atoms with Crippen molar-refractivity contribution in [2.45, 2.75) is 38.4 Å². The summed E-state index contributed by atoms with van der Waals surface area (Å²) in [4.78, 5) is 12.9. The second-order valence-corrected chi connectivity index (χ2v) is 5.84. The molecule has 2 rings (SSSR count). The number of rotatable bonds is 9. The molecule has 6 nitrogen and oxygen atoms in total. The van der Waals surface area contributed by atoms with Crippen LogP contribution in [0.4, 0.5) is 0 Å². The molecule has 128 valence electrons. The molecule has 1 aliphatic carbocycles. The van der Waals surface area contributed by atoms with Gasteiger partial charge in [0.25, 0.3) is 0 Å². The zero-order valence-corrected chi connectivity index (χ0v) is 14.0. The number of aliphatic carboxylic acids is 1. The smallest absolute Gasteiger partial charge is 0.317 e. The lowest BCUT2D eigenvalue weighted by Gasteiger charge is -2.42. The number of hydrogen-bond acceptors (Lipinski definition) is 5. The van der Waals surface area contributed by atoms with Crippen LogP contribution in [0.2, 0.25) is 0 Å². The summed E-state index contributed by atoms with van der Waals surface area (Å²) < 4.78 is 10.6. The zero-order chi connectivity index (χ0) is 16.8. The molecular weight excluding hydrogens is 296 g/mol. The first-order chi connectivity index (χ1) is 11.1. The Morgan fingerprint density at radius 3 is 2.65 bits per heavy atom. The molecule has 0 aliphatic heterocycles. The lowest BCUT2D eigenvalue weighted by atomic mass is 9.85. The van der Waals surface area contributed by atoms with E-state index in [1.165, 1.54) is 0 Å². The minimum absolute atomic E-state index is 0.123. The average molecular weight is 322 g/mol. The highest BCUT2D eigenvalue weighted by molar-refractivity contribution is 5.69. The van der Waals surface area contributed by atoms with E-state index in [0.29, 0.717) is 18.6 Å². The number of nitrogens with zero attached hydrogens (tertiary/aromatic N) is 1. The Kier molecular flexibility index (Phi) is 6.24. The SMILES string of the molecule is CCN(CC(=O)O)C1CC(NCc2cc(OC)ccc2OC)C1. The first-order valence-corrected chi connectivity index (χ1v) is 7.97. The van der Waals surface area contributed by atoms with Crippen LogP contribution >= 0.6 is 0 Å². The van der Waals surface area contributed by atoms with Crippen LogP contribution in [0.25, 0.3) is 0 Å². The Bertz CT molecular complexity index is 529. The quantitative estimate of drug-likeness (QED) is 0.721. The van der Waals surface area contributed by atoms with Gasteiger partial charge in [0.1, 0.15) is 11.5 Å². The standard InChI is InChI=1S/C17H26N2O4/c1-4-19(11-17(20)21)14-8-13(9-14)18-10-12-7-15(22-2)5-6-16(12)23-3/h5-7,13-14,18H,4,8-11H2,1-3H3,(H,20,21). The number of nitrogens with one attached hydrogen (secondary N) is 1. The number of hydrogen-bond donors (Lipinski definition) is 2. The molecule has 0 aromatic heterocycles. The third-order valence-corrected chi connectivity index (χ3v) is 4.44. The van der Waals surface area contributed by atoms with Crippen LogP contribution in [-0.2, 0) is 11.3 Å². The van der Waals surface area contributed by atoms with E-state index in [9.17, 15) is 4.79 Å². The number of methoxy groups -OCH3 is 2. The maximum absolute atomic E-state index is 10.9. The van der Waals surface area contributed by atoms with E-state index in [-0.39, 0.29) is 6.54 Å². The second kappa shape index (κ2) is 8.17. The predicted molar refractivity (Wildman–Crippen MR) is 88.1 cm³/mol. The average Bonchev–Trinajstić information content (AvgIpc) is 2.51. The molecule has 0 heterocycles. The van der Waals surface area contributed by atoms with E-state index >= 15 is 0 Å². The van der Waals surface area contributed by atoms with Crippen molar-refractivity contribution in [2.24, 2.45) is 0 Å². The fraction of sp³-hybridized carbons (Fsp3) is 0.588. The Labute approximate surface area is 137 Å². The van der Waals surface area contributed by atoms with Crippen LogP contribution in [0.15, 0.2) is 18.2 Å². The van der Waals surface area contributed by atoms with Gasteiger partial charge < -0.3 is 19.9 Å². The van der Waals surface area contributed by atoms with Crippen LogP contribution < -0.4 is 14.8 Å². The Morgan fingerprint density at radius 1 is 1.35 bits per heavy atom. The molecule has 1 saturated carbocycles. The van der Waals surface area contributed by atoms with Crippen molar-refractivity contribution < 1.29 is 19.4 Å². The van der Waals surface area contributed by atoms with Gasteiger partial charge in [-0.2, -0.15) is 0 Å². The molecular formula is C17H26N2O4. The third-order valence-electron chi connectivity index (χ3n) is 4.44. The van der Waals surface area contributed by atoms with Crippen LogP contribution in [0.5, 0.6) is 11.5 Å². The van der Waals surface area contributed by atoms with E-state index < -0.39 is 5.97 Å². The highest BCUT2D eigenvalue weighted by Gasteiger charge is 2.33. The first-order valence-electron chi connectivity index (χ1n) is 7.97. The summed E-state index contributed by atoms with van der Waals surface area (Å²) >= 11 is 0. The summed E-state index contributed by atoms with van der Waals surface area (Å²) in [6.45, 7) is 3.61. The number of likely N-dealkylation sites (N-methyl/N-ethyl adjacent to an activating group) is 1. The van der Waals surface area contributed by atoms with Gasteiger partial charge in [0.2, 0.25) is 0 Å². The number of carbonyl (C=O) groups is 1. The van der Waals surface area contributed by atoms with Gasteiger partial charge in [0, 0.05) is 24.2 Å². The fourth-order valence-corrected chi connectivity index (χ4v) is 3.00. The summed E-state index contributed by atoms with van der Waals surface area (Å²) in [5.41, 5.74) is 1.06. The zero-order valence-electron chi connectivity index (χ0n) is 14.0. The minimum Gasteiger partial charge on any atom is -0.497 e. The van der Waals surface area contributed by atoms with E-state index in [1.807, 2.05) is 30.0 Å². The van der Waals surface area contributed by atoms with E-state index in [0.717, 1.165) is 36.4 Å². The number of benzene rings is 1. The van der Waals surface area contributed by atoms with Gasteiger partial charge in [-0.3, -0.25) is 9.69 Å². The van der Waals surface area contributed by atoms with Gasteiger partial charge in [-0.25, -0.2) is 0 Å². The van der Waals surface area contributed by atoms with Crippen molar-refractivity contribution in [1.29, 1.82) is 0 Å². The van der Waals surface area contributed by atoms with Gasteiger partial charge in [0.05, 0.1) is 20.8 Å². The van der Waals surface area contributed by atoms with Crippen molar-refractivity contribution in [3.63, 3.8) is 0 Å². The number of ether oxygens (including phenoxy) is 2. The van der Waals surface area contributed by atoms with Crippen molar-refractivity contribution in [3.8, 4) is 11.5 Å². The molecule has 1 aromatic rings. The molecule has 0 unspecified atom stereocenters. The monoisotopic (exact) mass is 322 g/mol. The summed E-state index contributed by atoms with van der Waals surface area (Å²) in [6.07, 6.45) is 1.96. The first kappa shape index (κ1) is 17.6. The third kappa shape index (κ3) is 4.59. The molecule has 6 heteroatoms. The van der Waals surface area contributed by atoms with E-state index in [2.05, 4.69) is 5.32 Å². The van der Waals surface area contributed by atoms with Crippen LogP contribution in [0.3, 0.4) is 0 Å². The highest BCUT2D eigenvalue weighted by atomic mass is 16.5. The fourth-order valence-electron chi connectivity index (χ4n) is 3.00. The molecule has 1 aromatic carbocycles. The van der Waals surface area contributed by atoms with Crippen molar-refractivity contribution in [3.05, 3.63) is 23.8 Å². The summed E-state index contributed by atoms with van der Waals surface area (Å²) in [7, 11) is 3.31. The molecule has 0 saturated heterocycles. The van der Waals surface area contributed by atoms with Crippen molar-refractivity contribution in [2.75, 3.05) is 27.3 Å². The number of carboxylic acid groups (broad SMARTS) is 1. The van der Waals surface area contributed by atoms with E-state index in [4.69, 9.17) is 14.6 Å². The maximum Gasteiger partial charge on any atom is 0.317 e. The van der Waals surface area contributed by atoms with Gasteiger partial charge in [-0.15, -0.1) is 0 Å². The van der Waals surface area contributed by atoms with Crippen LogP contribution in [-0.4, -0.2) is 55.4 Å². The normalized spacial score (nSPS) is 20.2. The summed E-state index contributed by atoms with van der Waals surface area (Å²) in [5.74, 6) is 0.896. The molecule has 0 bridgehead atoms. The summed E-state index contributed by atoms with van der Waals surface area (Å²) in [6, 6.07) is 6.54.